The van der Waals surface area contributed by atoms with Crippen LogP contribution in [0.5, 0.6) is 5.75 Å². The van der Waals surface area contributed by atoms with E-state index in [0.717, 1.165) is 5.56 Å². The van der Waals surface area contributed by atoms with Gasteiger partial charge in [-0.05, 0) is 6.07 Å². The Balaban J connectivity index is 2.49. The number of hydrogen-bond donors (Lipinski definition) is 2. The Morgan fingerprint density at radius 3 is 2.78 bits per heavy atom. The second-order valence-electron chi connectivity index (χ2n) is 3.63. The minimum Gasteiger partial charge on any atom is -0.481 e. The van der Waals surface area contributed by atoms with Crippen molar-refractivity contribution in [3.05, 3.63) is 29.8 Å². The van der Waals surface area contributed by atoms with Crippen LogP contribution in [0.25, 0.3) is 0 Å². The number of para-hydroxylation sites is 1. The van der Waals surface area contributed by atoms with Crippen molar-refractivity contribution >= 4 is 0 Å². The summed E-state index contributed by atoms with van der Waals surface area (Å²) in [6.07, 6.45) is 0.684. The van der Waals surface area contributed by atoms with Gasteiger partial charge in [0.1, 0.15) is 18.5 Å². The molecule has 1 aromatic carbocycles. The summed E-state index contributed by atoms with van der Waals surface area (Å²) in [5, 5.41) is 11.7. The van der Waals surface area contributed by atoms with E-state index in [1.807, 2.05) is 6.07 Å². The van der Waals surface area contributed by atoms with Crippen LogP contribution in [0.2, 0.25) is 0 Å². The molecule has 0 fully saturated rings. The fourth-order valence-corrected chi connectivity index (χ4v) is 1.35. The maximum Gasteiger partial charge on any atom is 0.265 e. The van der Waals surface area contributed by atoms with E-state index in [9.17, 15) is 8.78 Å². The average Bonchev–Trinajstić information content (AvgIpc) is 2.37. The van der Waals surface area contributed by atoms with Crippen LogP contribution < -0.4 is 10.1 Å². The standard InChI is InChI=1S/C13H15F2NO2/c1-2-7-18-12-6-4-3-5-10(12)8-16-9-11(17)13(14)15/h1,3-6,11,13,16-17H,7-9H2. The number of alkyl halides is 2. The zero-order valence-electron chi connectivity index (χ0n) is 9.77. The molecule has 2 N–H and O–H groups in total. The highest BCUT2D eigenvalue weighted by Gasteiger charge is 2.15. The fourth-order valence-electron chi connectivity index (χ4n) is 1.35. The number of aliphatic hydroxyl groups is 1. The van der Waals surface area contributed by atoms with Gasteiger partial charge < -0.3 is 15.2 Å². The molecule has 1 unspecified atom stereocenters. The molecule has 0 heterocycles. The van der Waals surface area contributed by atoms with E-state index >= 15 is 0 Å². The zero-order valence-corrected chi connectivity index (χ0v) is 9.77. The summed E-state index contributed by atoms with van der Waals surface area (Å²) in [5.74, 6) is 2.96. The maximum absolute atomic E-state index is 12.1. The molecule has 0 saturated carbocycles. The Kier molecular flexibility index (Phi) is 6.12. The Morgan fingerprint density at radius 1 is 1.39 bits per heavy atom. The summed E-state index contributed by atoms with van der Waals surface area (Å²) in [6, 6.07) is 7.15. The fraction of sp³-hybridized carbons (Fsp3) is 0.385. The van der Waals surface area contributed by atoms with Gasteiger partial charge in [0, 0.05) is 18.7 Å². The van der Waals surface area contributed by atoms with Crippen LogP contribution in [-0.2, 0) is 6.54 Å². The number of terminal acetylenes is 1. The molecule has 0 spiro atoms. The molecule has 1 rings (SSSR count). The molecular formula is C13H15F2NO2. The molecule has 0 aliphatic rings. The van der Waals surface area contributed by atoms with Gasteiger partial charge in [0.2, 0.25) is 0 Å². The lowest BCUT2D eigenvalue weighted by molar-refractivity contribution is -0.00342. The van der Waals surface area contributed by atoms with Crippen molar-refractivity contribution in [2.24, 2.45) is 0 Å². The molecular weight excluding hydrogens is 240 g/mol. The Labute approximate surface area is 105 Å². The number of hydrogen-bond acceptors (Lipinski definition) is 3. The summed E-state index contributed by atoms with van der Waals surface area (Å²) < 4.78 is 29.4. The van der Waals surface area contributed by atoms with Crippen molar-refractivity contribution in [2.45, 2.75) is 19.1 Å². The highest BCUT2D eigenvalue weighted by Crippen LogP contribution is 2.17. The second-order valence-corrected chi connectivity index (χ2v) is 3.63. The Bertz CT molecular complexity index is 404. The van der Waals surface area contributed by atoms with Crippen molar-refractivity contribution < 1.29 is 18.6 Å². The number of nitrogens with one attached hydrogen (secondary N) is 1. The molecule has 0 saturated heterocycles. The van der Waals surface area contributed by atoms with Crippen LogP contribution in [0.3, 0.4) is 0 Å². The van der Waals surface area contributed by atoms with Gasteiger partial charge in [0.15, 0.2) is 0 Å². The average molecular weight is 255 g/mol. The van der Waals surface area contributed by atoms with Gasteiger partial charge in [-0.25, -0.2) is 8.78 Å². The highest BCUT2D eigenvalue weighted by atomic mass is 19.3. The van der Waals surface area contributed by atoms with Crippen molar-refractivity contribution in [3.63, 3.8) is 0 Å². The minimum atomic E-state index is -2.74. The van der Waals surface area contributed by atoms with E-state index in [4.69, 9.17) is 16.3 Å². The highest BCUT2D eigenvalue weighted by molar-refractivity contribution is 5.33. The first-order valence-electron chi connectivity index (χ1n) is 5.46. The molecule has 0 bridgehead atoms. The third-order valence-electron chi connectivity index (χ3n) is 2.24. The quantitative estimate of drug-likeness (QED) is 0.724. The van der Waals surface area contributed by atoms with Crippen LogP contribution in [-0.4, -0.2) is 30.8 Å². The minimum absolute atomic E-state index is 0.149. The number of rotatable bonds is 7. The molecule has 5 heteroatoms. The predicted molar refractivity (Wildman–Crippen MR) is 64.5 cm³/mol. The predicted octanol–water partition coefficient (Wildman–Crippen LogP) is 1.41. The summed E-state index contributed by atoms with van der Waals surface area (Å²) in [6.45, 7) is 0.294. The summed E-state index contributed by atoms with van der Waals surface area (Å²) in [4.78, 5) is 0. The van der Waals surface area contributed by atoms with Crippen molar-refractivity contribution in [1.29, 1.82) is 0 Å². The smallest absolute Gasteiger partial charge is 0.265 e. The first kappa shape index (κ1) is 14.4. The second kappa shape index (κ2) is 7.64. The van der Waals surface area contributed by atoms with Crippen LogP contribution >= 0.6 is 0 Å². The summed E-state index contributed by atoms with van der Waals surface area (Å²) in [5.41, 5.74) is 0.800. The van der Waals surface area contributed by atoms with E-state index in [2.05, 4.69) is 11.2 Å². The van der Waals surface area contributed by atoms with Crippen molar-refractivity contribution in [2.75, 3.05) is 13.2 Å². The summed E-state index contributed by atoms with van der Waals surface area (Å²) >= 11 is 0. The van der Waals surface area contributed by atoms with E-state index in [-0.39, 0.29) is 13.2 Å². The van der Waals surface area contributed by atoms with Gasteiger partial charge in [-0.1, -0.05) is 24.1 Å². The normalized spacial score (nSPS) is 12.2. The molecule has 3 nitrogen and oxygen atoms in total. The lowest BCUT2D eigenvalue weighted by Gasteiger charge is -2.13. The number of ether oxygens (including phenoxy) is 1. The number of halogens is 2. The number of aliphatic hydroxyl groups excluding tert-OH is 1. The lowest BCUT2D eigenvalue weighted by atomic mass is 10.2. The molecule has 0 aromatic heterocycles. The van der Waals surface area contributed by atoms with E-state index < -0.39 is 12.5 Å². The molecule has 98 valence electrons. The first-order valence-corrected chi connectivity index (χ1v) is 5.46. The molecule has 1 atom stereocenters. The topological polar surface area (TPSA) is 41.5 Å². The third-order valence-corrected chi connectivity index (χ3v) is 2.24. The van der Waals surface area contributed by atoms with Crippen LogP contribution in [0.4, 0.5) is 8.78 Å². The van der Waals surface area contributed by atoms with E-state index in [0.29, 0.717) is 12.3 Å². The first-order chi connectivity index (χ1) is 8.65. The van der Waals surface area contributed by atoms with Crippen LogP contribution in [0, 0.1) is 12.3 Å². The van der Waals surface area contributed by atoms with Crippen LogP contribution in [0.15, 0.2) is 24.3 Å². The largest absolute Gasteiger partial charge is 0.481 e. The van der Waals surface area contributed by atoms with E-state index in [1.54, 1.807) is 18.2 Å². The lowest BCUT2D eigenvalue weighted by Crippen LogP contribution is -2.31. The molecule has 0 amide bonds. The Morgan fingerprint density at radius 2 is 2.11 bits per heavy atom. The van der Waals surface area contributed by atoms with Gasteiger partial charge in [-0.15, -0.1) is 6.42 Å². The maximum atomic E-state index is 12.1. The number of benzene rings is 1. The molecule has 0 aliphatic carbocycles. The molecule has 0 aliphatic heterocycles. The van der Waals surface area contributed by atoms with Crippen molar-refractivity contribution in [1.82, 2.24) is 5.32 Å². The Hall–Kier alpha value is -1.64. The van der Waals surface area contributed by atoms with Gasteiger partial charge in [-0.2, -0.15) is 0 Å². The van der Waals surface area contributed by atoms with Crippen molar-refractivity contribution in [3.8, 4) is 18.1 Å². The van der Waals surface area contributed by atoms with E-state index in [1.165, 1.54) is 0 Å². The van der Waals surface area contributed by atoms with Crippen LogP contribution in [0.1, 0.15) is 5.56 Å². The zero-order chi connectivity index (χ0) is 13.4. The summed E-state index contributed by atoms with van der Waals surface area (Å²) in [7, 11) is 0. The SMILES string of the molecule is C#CCOc1ccccc1CNCC(O)C(F)F. The van der Waals surface area contributed by atoms with Gasteiger partial charge in [-0.3, -0.25) is 0 Å². The molecule has 18 heavy (non-hydrogen) atoms. The van der Waals surface area contributed by atoms with Gasteiger partial charge in [0.25, 0.3) is 6.43 Å². The molecule has 1 aromatic rings. The molecule has 0 radical (unpaired) electrons. The monoisotopic (exact) mass is 255 g/mol. The van der Waals surface area contributed by atoms with Gasteiger partial charge >= 0.3 is 0 Å². The third kappa shape index (κ3) is 4.70. The van der Waals surface area contributed by atoms with Gasteiger partial charge in [0.05, 0.1) is 0 Å².